The van der Waals surface area contributed by atoms with Crippen LogP contribution in [0.2, 0.25) is 0 Å². The summed E-state index contributed by atoms with van der Waals surface area (Å²) in [4.78, 5) is 0. The molecule has 0 heterocycles. The Kier molecular flexibility index (Phi) is 19.1. The zero-order valence-electron chi connectivity index (χ0n) is 20.4. The van der Waals surface area contributed by atoms with Crippen molar-refractivity contribution in [3.8, 4) is 11.1 Å². The summed E-state index contributed by atoms with van der Waals surface area (Å²) in [5, 5.41) is 0. The highest BCUT2D eigenvalue weighted by atomic mass is 14.5. The number of hydrogen-bond acceptors (Lipinski definition) is 1. The Morgan fingerprint density at radius 2 is 0.710 bits per heavy atom. The van der Waals surface area contributed by atoms with E-state index < -0.39 is 0 Å². The molecule has 0 saturated heterocycles. The average molecular weight is 424 g/mol. The summed E-state index contributed by atoms with van der Waals surface area (Å²) in [5.74, 6) is 0. The minimum absolute atomic E-state index is 0.873. The first kappa shape index (κ1) is 27.4. The minimum Gasteiger partial charge on any atom is -0.330 e. The van der Waals surface area contributed by atoms with Crippen LogP contribution in [0.3, 0.4) is 0 Å². The lowest BCUT2D eigenvalue weighted by molar-refractivity contribution is 0.530. The zero-order chi connectivity index (χ0) is 22.2. The van der Waals surface area contributed by atoms with Crippen LogP contribution in [0.1, 0.15) is 110 Å². The van der Waals surface area contributed by atoms with Gasteiger partial charge in [-0.2, -0.15) is 0 Å². The molecule has 0 aliphatic rings. The van der Waals surface area contributed by atoms with Crippen molar-refractivity contribution in [3.63, 3.8) is 0 Å². The third kappa shape index (κ3) is 16.7. The molecule has 31 heavy (non-hydrogen) atoms. The Labute approximate surface area is 193 Å². The maximum Gasteiger partial charge on any atom is -0.00773 e. The van der Waals surface area contributed by atoms with E-state index in [-0.39, 0.29) is 0 Å². The Balaban J connectivity index is 0.000000339. The smallest absolute Gasteiger partial charge is 0.00773 e. The standard InChI is InChI=1S/C18H39N.C12H10/c1-2-3-4-5-6-7-8-9-10-11-12-13-14-15-16-17-18-19;1-3-7-11(8-4-1)12-9-5-2-6-10-12/h2-19H2,1H3;1-10H. The van der Waals surface area contributed by atoms with Crippen molar-refractivity contribution in [3.05, 3.63) is 60.7 Å². The van der Waals surface area contributed by atoms with Gasteiger partial charge in [0.1, 0.15) is 0 Å². The predicted octanol–water partition coefficient (Wildman–Crippen LogP) is 9.56. The van der Waals surface area contributed by atoms with Crippen molar-refractivity contribution in [2.45, 2.75) is 110 Å². The van der Waals surface area contributed by atoms with Gasteiger partial charge >= 0.3 is 0 Å². The summed E-state index contributed by atoms with van der Waals surface area (Å²) in [5.41, 5.74) is 8.03. The first-order valence-electron chi connectivity index (χ1n) is 13.2. The number of rotatable bonds is 17. The second-order valence-corrected chi connectivity index (χ2v) is 8.82. The van der Waals surface area contributed by atoms with Crippen molar-refractivity contribution in [2.24, 2.45) is 5.73 Å². The Hall–Kier alpha value is -1.60. The fourth-order valence-electron chi connectivity index (χ4n) is 3.95. The molecule has 0 unspecified atom stereocenters. The third-order valence-electron chi connectivity index (χ3n) is 5.94. The van der Waals surface area contributed by atoms with Crippen molar-refractivity contribution in [1.82, 2.24) is 0 Å². The molecule has 0 radical (unpaired) electrons. The van der Waals surface area contributed by atoms with E-state index in [0.717, 1.165) is 6.54 Å². The van der Waals surface area contributed by atoms with Crippen LogP contribution in [-0.4, -0.2) is 6.54 Å². The van der Waals surface area contributed by atoms with E-state index in [4.69, 9.17) is 5.73 Å². The maximum absolute atomic E-state index is 5.48. The monoisotopic (exact) mass is 423 g/mol. The van der Waals surface area contributed by atoms with Gasteiger partial charge in [-0.15, -0.1) is 0 Å². The van der Waals surface area contributed by atoms with Gasteiger partial charge in [-0.25, -0.2) is 0 Å². The first-order chi connectivity index (χ1) is 15.4. The summed E-state index contributed by atoms with van der Waals surface area (Å²) in [7, 11) is 0. The Bertz CT molecular complexity index is 524. The molecule has 2 aromatic carbocycles. The highest BCUT2D eigenvalue weighted by molar-refractivity contribution is 5.62. The van der Waals surface area contributed by atoms with Crippen LogP contribution in [0.25, 0.3) is 11.1 Å². The van der Waals surface area contributed by atoms with Gasteiger partial charge in [0.2, 0.25) is 0 Å². The molecule has 0 saturated carbocycles. The fourth-order valence-corrected chi connectivity index (χ4v) is 3.95. The van der Waals surface area contributed by atoms with Crippen LogP contribution in [-0.2, 0) is 0 Å². The Morgan fingerprint density at radius 1 is 0.419 bits per heavy atom. The van der Waals surface area contributed by atoms with Gasteiger partial charge in [0.05, 0.1) is 0 Å². The lowest BCUT2D eigenvalue weighted by atomic mass is 10.0. The summed E-state index contributed by atoms with van der Waals surface area (Å²) < 4.78 is 0. The fraction of sp³-hybridized carbons (Fsp3) is 0.600. The molecule has 0 aliphatic carbocycles. The number of unbranched alkanes of at least 4 members (excludes halogenated alkanes) is 15. The molecule has 1 nitrogen and oxygen atoms in total. The van der Waals surface area contributed by atoms with E-state index in [1.165, 1.54) is 114 Å². The van der Waals surface area contributed by atoms with Crippen molar-refractivity contribution < 1.29 is 0 Å². The molecule has 0 spiro atoms. The molecule has 2 N–H and O–H groups in total. The largest absolute Gasteiger partial charge is 0.330 e. The minimum atomic E-state index is 0.873. The van der Waals surface area contributed by atoms with Crippen LogP contribution in [0.5, 0.6) is 0 Å². The lowest BCUT2D eigenvalue weighted by Crippen LogP contribution is -1.97. The van der Waals surface area contributed by atoms with Crippen LogP contribution in [0, 0.1) is 0 Å². The van der Waals surface area contributed by atoms with Crippen LogP contribution < -0.4 is 5.73 Å². The van der Waals surface area contributed by atoms with Crippen molar-refractivity contribution >= 4 is 0 Å². The SMILES string of the molecule is CCCCCCCCCCCCCCCCCCN.c1ccc(-c2ccccc2)cc1. The van der Waals surface area contributed by atoms with Crippen LogP contribution >= 0.6 is 0 Å². The lowest BCUT2D eigenvalue weighted by Gasteiger charge is -2.03. The molecule has 0 aliphatic heterocycles. The van der Waals surface area contributed by atoms with Gasteiger partial charge in [0, 0.05) is 0 Å². The van der Waals surface area contributed by atoms with E-state index >= 15 is 0 Å². The summed E-state index contributed by atoms with van der Waals surface area (Å²) in [6.45, 7) is 3.16. The molecule has 0 amide bonds. The van der Waals surface area contributed by atoms with Gasteiger partial charge in [-0.1, -0.05) is 164 Å². The van der Waals surface area contributed by atoms with E-state index in [1.54, 1.807) is 0 Å². The van der Waals surface area contributed by atoms with E-state index in [1.807, 2.05) is 12.1 Å². The molecule has 2 aromatic rings. The van der Waals surface area contributed by atoms with Gasteiger partial charge in [0.25, 0.3) is 0 Å². The van der Waals surface area contributed by atoms with Gasteiger partial charge < -0.3 is 5.73 Å². The molecule has 2 rings (SSSR count). The predicted molar refractivity (Wildman–Crippen MR) is 140 cm³/mol. The molecule has 1 heteroatoms. The van der Waals surface area contributed by atoms with E-state index in [9.17, 15) is 0 Å². The summed E-state index contributed by atoms with van der Waals surface area (Å²) in [6.07, 6.45) is 22.9. The van der Waals surface area contributed by atoms with Gasteiger partial charge in [0.15, 0.2) is 0 Å². The van der Waals surface area contributed by atoms with Gasteiger partial charge in [-0.3, -0.25) is 0 Å². The van der Waals surface area contributed by atoms with Gasteiger partial charge in [-0.05, 0) is 24.1 Å². The van der Waals surface area contributed by atoms with Crippen molar-refractivity contribution in [1.29, 1.82) is 0 Å². The summed E-state index contributed by atoms with van der Waals surface area (Å²) in [6, 6.07) is 20.8. The quantitative estimate of drug-likeness (QED) is 0.252. The molecule has 174 valence electrons. The van der Waals surface area contributed by atoms with E-state index in [2.05, 4.69) is 55.5 Å². The van der Waals surface area contributed by atoms with Crippen LogP contribution in [0.15, 0.2) is 60.7 Å². The third-order valence-corrected chi connectivity index (χ3v) is 5.94. The molecule has 0 atom stereocenters. The summed E-state index contributed by atoms with van der Waals surface area (Å²) >= 11 is 0. The highest BCUT2D eigenvalue weighted by Gasteiger charge is 1.94. The number of benzene rings is 2. The molecule has 0 bridgehead atoms. The average Bonchev–Trinajstić information content (AvgIpc) is 2.83. The molecule has 0 fully saturated rings. The second kappa shape index (κ2) is 21.6. The normalized spacial score (nSPS) is 10.5. The number of nitrogens with two attached hydrogens (primary N) is 1. The molecular formula is C30H49N. The second-order valence-electron chi connectivity index (χ2n) is 8.82. The molecular weight excluding hydrogens is 374 g/mol. The topological polar surface area (TPSA) is 26.0 Å². The highest BCUT2D eigenvalue weighted by Crippen LogP contribution is 2.17. The molecule has 0 aromatic heterocycles. The first-order valence-corrected chi connectivity index (χ1v) is 13.2. The van der Waals surface area contributed by atoms with Crippen molar-refractivity contribution in [2.75, 3.05) is 6.54 Å². The maximum atomic E-state index is 5.48. The zero-order valence-corrected chi connectivity index (χ0v) is 20.4. The number of hydrogen-bond donors (Lipinski definition) is 1. The van der Waals surface area contributed by atoms with Crippen LogP contribution in [0.4, 0.5) is 0 Å². The Morgan fingerprint density at radius 3 is 1.00 bits per heavy atom. The van der Waals surface area contributed by atoms with E-state index in [0.29, 0.717) is 0 Å².